The van der Waals surface area contributed by atoms with Gasteiger partial charge in [-0.3, -0.25) is 0 Å². The van der Waals surface area contributed by atoms with Gasteiger partial charge in [0, 0.05) is 11.2 Å². The van der Waals surface area contributed by atoms with E-state index in [1.165, 1.54) is 12.1 Å². The summed E-state index contributed by atoms with van der Waals surface area (Å²) in [5.74, 6) is -0.976. The lowest BCUT2D eigenvalue weighted by Crippen LogP contribution is -2.54. The first-order chi connectivity index (χ1) is 9.04. The minimum Gasteiger partial charge on any atom is -0.478 e. The first kappa shape index (κ1) is 13.4. The number of carboxylic acid groups (broad SMARTS) is 1. The maximum Gasteiger partial charge on any atom is 0.335 e. The van der Waals surface area contributed by atoms with Crippen molar-refractivity contribution >= 4 is 17.7 Å². The van der Waals surface area contributed by atoms with Crippen molar-refractivity contribution in [3.8, 4) is 0 Å². The first-order valence-electron chi connectivity index (χ1n) is 6.47. The minimum absolute atomic E-state index is 0.0505. The van der Waals surface area contributed by atoms with Crippen LogP contribution in [0.15, 0.2) is 24.3 Å². The molecule has 0 spiro atoms. The molecule has 3 N–H and O–H groups in total. The van der Waals surface area contributed by atoms with Crippen LogP contribution in [-0.2, 0) is 0 Å². The topological polar surface area (TPSA) is 78.4 Å². The number of rotatable bonds is 4. The van der Waals surface area contributed by atoms with E-state index in [1.807, 2.05) is 0 Å². The van der Waals surface area contributed by atoms with Gasteiger partial charge in [-0.2, -0.15) is 0 Å². The van der Waals surface area contributed by atoms with Gasteiger partial charge in [0.2, 0.25) is 0 Å². The summed E-state index contributed by atoms with van der Waals surface area (Å²) in [6, 6.07) is 5.88. The van der Waals surface area contributed by atoms with Crippen molar-refractivity contribution in [2.24, 2.45) is 0 Å². The second kappa shape index (κ2) is 5.30. The molecule has 0 aromatic heterocycles. The summed E-state index contributed by atoms with van der Waals surface area (Å²) >= 11 is 0. The predicted molar refractivity (Wildman–Crippen MR) is 72.4 cm³/mol. The molecule has 5 nitrogen and oxygen atoms in total. The average molecular weight is 262 g/mol. The van der Waals surface area contributed by atoms with Crippen molar-refractivity contribution in [1.82, 2.24) is 5.32 Å². The predicted octanol–water partition coefficient (Wildman–Crippen LogP) is 2.84. The van der Waals surface area contributed by atoms with Crippen molar-refractivity contribution in [3.05, 3.63) is 29.8 Å². The molecule has 0 heterocycles. The van der Waals surface area contributed by atoms with Gasteiger partial charge in [0.25, 0.3) is 0 Å². The van der Waals surface area contributed by atoms with Crippen LogP contribution < -0.4 is 10.6 Å². The van der Waals surface area contributed by atoms with Crippen LogP contribution in [0.3, 0.4) is 0 Å². The number of aromatic carboxylic acids is 1. The molecule has 0 bridgehead atoms. The molecule has 102 valence electrons. The van der Waals surface area contributed by atoms with E-state index in [2.05, 4.69) is 17.6 Å². The van der Waals surface area contributed by atoms with Crippen LogP contribution in [0, 0.1) is 0 Å². The molecular formula is C14H18N2O3. The van der Waals surface area contributed by atoms with Crippen LogP contribution in [0.2, 0.25) is 0 Å². The summed E-state index contributed by atoms with van der Waals surface area (Å²) in [7, 11) is 0. The number of urea groups is 1. The van der Waals surface area contributed by atoms with Gasteiger partial charge in [-0.15, -0.1) is 0 Å². The molecule has 1 saturated carbocycles. The van der Waals surface area contributed by atoms with Gasteiger partial charge < -0.3 is 15.7 Å². The summed E-state index contributed by atoms with van der Waals surface area (Å²) in [6.07, 6.45) is 4.13. The number of carbonyl (C=O) groups excluding carboxylic acids is 1. The Morgan fingerprint density at radius 2 is 1.89 bits per heavy atom. The zero-order chi connectivity index (χ0) is 13.9. The molecular weight excluding hydrogens is 244 g/mol. The van der Waals surface area contributed by atoms with Gasteiger partial charge in [-0.1, -0.05) is 6.92 Å². The van der Waals surface area contributed by atoms with Gasteiger partial charge in [-0.05, 0) is 49.9 Å². The fourth-order valence-corrected chi connectivity index (χ4v) is 2.27. The lowest BCUT2D eigenvalue weighted by molar-refractivity contribution is 0.0697. The molecule has 19 heavy (non-hydrogen) atoms. The van der Waals surface area contributed by atoms with Gasteiger partial charge in [0.15, 0.2) is 0 Å². The van der Waals surface area contributed by atoms with Crippen LogP contribution in [0.1, 0.15) is 43.0 Å². The Kier molecular flexibility index (Phi) is 3.74. The zero-order valence-electron chi connectivity index (χ0n) is 10.9. The van der Waals surface area contributed by atoms with Gasteiger partial charge >= 0.3 is 12.0 Å². The van der Waals surface area contributed by atoms with Crippen molar-refractivity contribution < 1.29 is 14.7 Å². The zero-order valence-corrected chi connectivity index (χ0v) is 10.9. The third-order valence-corrected chi connectivity index (χ3v) is 3.76. The van der Waals surface area contributed by atoms with Gasteiger partial charge in [0.1, 0.15) is 0 Å². The highest BCUT2D eigenvalue weighted by Gasteiger charge is 2.36. The Balaban J connectivity index is 1.93. The summed E-state index contributed by atoms with van der Waals surface area (Å²) in [6.45, 7) is 2.07. The number of hydrogen-bond acceptors (Lipinski definition) is 2. The molecule has 2 rings (SSSR count). The SMILES string of the molecule is CCC1(NC(=O)Nc2ccc(C(=O)O)cc2)CCC1. The Hall–Kier alpha value is -2.04. The summed E-state index contributed by atoms with van der Waals surface area (Å²) in [5, 5.41) is 14.5. The molecule has 0 saturated heterocycles. The van der Waals surface area contributed by atoms with Gasteiger partial charge in [-0.25, -0.2) is 9.59 Å². The lowest BCUT2D eigenvalue weighted by atomic mass is 9.75. The fourth-order valence-electron chi connectivity index (χ4n) is 2.27. The van der Waals surface area contributed by atoms with E-state index >= 15 is 0 Å². The lowest BCUT2D eigenvalue weighted by Gasteiger charge is -2.41. The Morgan fingerprint density at radius 3 is 2.32 bits per heavy atom. The molecule has 2 amide bonds. The number of benzene rings is 1. The second-order valence-electron chi connectivity index (χ2n) is 4.95. The average Bonchev–Trinajstić information content (AvgIpc) is 2.34. The van der Waals surface area contributed by atoms with Crippen LogP contribution in [0.5, 0.6) is 0 Å². The van der Waals surface area contributed by atoms with Crippen molar-refractivity contribution in [2.45, 2.75) is 38.1 Å². The molecule has 0 atom stereocenters. The monoisotopic (exact) mass is 262 g/mol. The van der Waals surface area contributed by atoms with E-state index in [-0.39, 0.29) is 17.1 Å². The molecule has 1 fully saturated rings. The Labute approximate surface area is 112 Å². The number of amides is 2. The van der Waals surface area contributed by atoms with Crippen LogP contribution >= 0.6 is 0 Å². The highest BCUT2D eigenvalue weighted by atomic mass is 16.4. The highest BCUT2D eigenvalue weighted by molar-refractivity contribution is 5.91. The number of carbonyl (C=O) groups is 2. The first-order valence-corrected chi connectivity index (χ1v) is 6.47. The molecule has 1 aromatic carbocycles. The van der Waals surface area contributed by atoms with Gasteiger partial charge in [0.05, 0.1) is 5.56 Å². The molecule has 5 heteroatoms. The van der Waals surface area contributed by atoms with Crippen molar-refractivity contribution in [1.29, 1.82) is 0 Å². The third kappa shape index (κ3) is 3.05. The van der Waals surface area contributed by atoms with E-state index in [1.54, 1.807) is 12.1 Å². The fraction of sp³-hybridized carbons (Fsp3) is 0.429. The standard InChI is InChI=1S/C14H18N2O3/c1-2-14(8-3-9-14)16-13(19)15-11-6-4-10(5-7-11)12(17)18/h4-7H,2-3,8-9H2,1H3,(H,17,18)(H2,15,16,19). The van der Waals surface area contributed by atoms with E-state index in [4.69, 9.17) is 5.11 Å². The molecule has 0 radical (unpaired) electrons. The van der Waals surface area contributed by atoms with E-state index in [0.29, 0.717) is 5.69 Å². The number of anilines is 1. The summed E-state index contributed by atoms with van der Waals surface area (Å²) in [5.41, 5.74) is 0.744. The summed E-state index contributed by atoms with van der Waals surface area (Å²) in [4.78, 5) is 22.6. The highest BCUT2D eigenvalue weighted by Crippen LogP contribution is 2.34. The minimum atomic E-state index is -0.976. The maximum atomic E-state index is 11.9. The van der Waals surface area contributed by atoms with Crippen molar-refractivity contribution in [2.75, 3.05) is 5.32 Å². The molecule has 1 aliphatic carbocycles. The second-order valence-corrected chi connectivity index (χ2v) is 4.95. The third-order valence-electron chi connectivity index (χ3n) is 3.76. The largest absolute Gasteiger partial charge is 0.478 e. The molecule has 1 aromatic rings. The number of carboxylic acids is 1. The summed E-state index contributed by atoms with van der Waals surface area (Å²) < 4.78 is 0. The Bertz CT molecular complexity index is 472. The van der Waals surface area contributed by atoms with Crippen LogP contribution in [0.25, 0.3) is 0 Å². The van der Waals surface area contributed by atoms with E-state index < -0.39 is 5.97 Å². The van der Waals surface area contributed by atoms with E-state index in [9.17, 15) is 9.59 Å². The molecule has 0 aliphatic heterocycles. The van der Waals surface area contributed by atoms with Crippen LogP contribution in [0.4, 0.5) is 10.5 Å². The number of nitrogens with one attached hydrogen (secondary N) is 2. The maximum absolute atomic E-state index is 11.9. The smallest absolute Gasteiger partial charge is 0.335 e. The quantitative estimate of drug-likeness (QED) is 0.780. The van der Waals surface area contributed by atoms with Crippen LogP contribution in [-0.4, -0.2) is 22.6 Å². The van der Waals surface area contributed by atoms with Crippen molar-refractivity contribution in [3.63, 3.8) is 0 Å². The normalized spacial score (nSPS) is 16.3. The molecule has 0 unspecified atom stereocenters. The number of hydrogen-bond donors (Lipinski definition) is 3. The van der Waals surface area contributed by atoms with E-state index in [0.717, 1.165) is 25.7 Å². The molecule has 1 aliphatic rings. The Morgan fingerprint density at radius 1 is 1.26 bits per heavy atom.